The van der Waals surface area contributed by atoms with Gasteiger partial charge < -0.3 is 4.90 Å². The summed E-state index contributed by atoms with van der Waals surface area (Å²) in [5, 5.41) is 0. The molecule has 0 N–H and O–H groups in total. The van der Waals surface area contributed by atoms with Gasteiger partial charge in [0.15, 0.2) is 0 Å². The van der Waals surface area contributed by atoms with Crippen molar-refractivity contribution < 1.29 is 13.6 Å². The van der Waals surface area contributed by atoms with Crippen molar-refractivity contribution in [3.05, 3.63) is 0 Å². The standard InChI is InChI=1S/C13H24F2N2O/c1-9(2)11-5-6-16(13(18)12(14)15)7-8-17(11)10(3)4/h9-12H,5-8H2,1-4H3. The van der Waals surface area contributed by atoms with Gasteiger partial charge in [-0.1, -0.05) is 13.8 Å². The van der Waals surface area contributed by atoms with E-state index in [0.29, 0.717) is 37.6 Å². The zero-order valence-corrected chi connectivity index (χ0v) is 11.7. The van der Waals surface area contributed by atoms with E-state index in [0.717, 1.165) is 6.42 Å². The van der Waals surface area contributed by atoms with Crippen LogP contribution in [0.3, 0.4) is 0 Å². The van der Waals surface area contributed by atoms with Gasteiger partial charge >= 0.3 is 6.43 Å². The molecule has 0 bridgehead atoms. The zero-order valence-electron chi connectivity index (χ0n) is 11.7. The Labute approximate surface area is 108 Å². The summed E-state index contributed by atoms with van der Waals surface area (Å²) >= 11 is 0. The summed E-state index contributed by atoms with van der Waals surface area (Å²) < 4.78 is 24.9. The molecule has 3 nitrogen and oxygen atoms in total. The molecule has 1 heterocycles. The summed E-state index contributed by atoms with van der Waals surface area (Å²) in [5.41, 5.74) is 0. The summed E-state index contributed by atoms with van der Waals surface area (Å²) in [5.74, 6) is -0.558. The van der Waals surface area contributed by atoms with Crippen molar-refractivity contribution in [2.45, 2.75) is 52.6 Å². The van der Waals surface area contributed by atoms with E-state index in [4.69, 9.17) is 0 Å². The lowest BCUT2D eigenvalue weighted by Gasteiger charge is -2.35. The second-order valence-corrected chi connectivity index (χ2v) is 5.56. The predicted octanol–water partition coefficient (Wildman–Crippen LogP) is 2.22. The van der Waals surface area contributed by atoms with E-state index in [-0.39, 0.29) is 0 Å². The molecule has 1 saturated heterocycles. The van der Waals surface area contributed by atoms with Gasteiger partial charge in [0.2, 0.25) is 0 Å². The normalized spacial score (nSPS) is 22.9. The summed E-state index contributed by atoms with van der Waals surface area (Å²) in [6.07, 6.45) is -2.11. The smallest absolute Gasteiger partial charge is 0.315 e. The molecule has 1 unspecified atom stereocenters. The number of hydrogen-bond acceptors (Lipinski definition) is 2. The van der Waals surface area contributed by atoms with Crippen molar-refractivity contribution in [3.63, 3.8) is 0 Å². The Kier molecular flexibility index (Phi) is 5.50. The van der Waals surface area contributed by atoms with E-state index in [1.807, 2.05) is 0 Å². The van der Waals surface area contributed by atoms with Crippen LogP contribution in [-0.2, 0) is 4.79 Å². The molecule has 0 saturated carbocycles. The maximum Gasteiger partial charge on any atom is 0.315 e. The topological polar surface area (TPSA) is 23.6 Å². The molecular weight excluding hydrogens is 238 g/mol. The first-order chi connectivity index (χ1) is 8.34. The highest BCUT2D eigenvalue weighted by Crippen LogP contribution is 2.21. The summed E-state index contributed by atoms with van der Waals surface area (Å²) in [6.45, 7) is 10.0. The lowest BCUT2D eigenvalue weighted by molar-refractivity contribution is -0.142. The Morgan fingerprint density at radius 2 is 1.72 bits per heavy atom. The highest BCUT2D eigenvalue weighted by molar-refractivity contribution is 5.79. The van der Waals surface area contributed by atoms with E-state index in [1.54, 1.807) is 0 Å². The van der Waals surface area contributed by atoms with Crippen LogP contribution in [0.1, 0.15) is 34.1 Å². The number of nitrogens with zero attached hydrogens (tertiary/aromatic N) is 2. The van der Waals surface area contributed by atoms with Crippen LogP contribution in [0, 0.1) is 5.92 Å². The molecule has 1 amide bonds. The third-order valence-electron chi connectivity index (χ3n) is 3.68. The molecule has 5 heteroatoms. The zero-order chi connectivity index (χ0) is 13.9. The highest BCUT2D eigenvalue weighted by atomic mass is 19.3. The van der Waals surface area contributed by atoms with E-state index < -0.39 is 12.3 Å². The van der Waals surface area contributed by atoms with Crippen LogP contribution in [0.25, 0.3) is 0 Å². The Morgan fingerprint density at radius 1 is 1.11 bits per heavy atom. The quantitative estimate of drug-likeness (QED) is 0.778. The van der Waals surface area contributed by atoms with Gasteiger partial charge in [-0.2, -0.15) is 8.78 Å². The van der Waals surface area contributed by atoms with Gasteiger partial charge in [0.25, 0.3) is 5.91 Å². The number of rotatable bonds is 3. The van der Waals surface area contributed by atoms with Crippen LogP contribution in [0.5, 0.6) is 0 Å². The SMILES string of the molecule is CC(C)C1CCN(C(=O)C(F)F)CCN1C(C)C. The van der Waals surface area contributed by atoms with Gasteiger partial charge in [0.1, 0.15) is 0 Å². The molecule has 0 aromatic rings. The maximum absolute atomic E-state index is 12.5. The predicted molar refractivity (Wildman–Crippen MR) is 67.7 cm³/mol. The van der Waals surface area contributed by atoms with Crippen LogP contribution < -0.4 is 0 Å². The number of carbonyl (C=O) groups is 1. The van der Waals surface area contributed by atoms with Crippen LogP contribution in [0.2, 0.25) is 0 Å². The average Bonchev–Trinajstić information content (AvgIpc) is 2.49. The third kappa shape index (κ3) is 3.64. The molecule has 18 heavy (non-hydrogen) atoms. The van der Waals surface area contributed by atoms with E-state index >= 15 is 0 Å². The van der Waals surface area contributed by atoms with Gasteiger partial charge in [-0.3, -0.25) is 9.69 Å². The maximum atomic E-state index is 12.5. The van der Waals surface area contributed by atoms with E-state index in [9.17, 15) is 13.6 Å². The largest absolute Gasteiger partial charge is 0.336 e. The van der Waals surface area contributed by atoms with Crippen LogP contribution in [0.4, 0.5) is 8.78 Å². The van der Waals surface area contributed by atoms with Crippen molar-refractivity contribution in [1.82, 2.24) is 9.80 Å². The molecule has 0 spiro atoms. The minimum atomic E-state index is -2.88. The molecule has 1 aliphatic rings. The fourth-order valence-corrected chi connectivity index (χ4v) is 2.68. The number of hydrogen-bond donors (Lipinski definition) is 0. The second kappa shape index (κ2) is 6.45. The van der Waals surface area contributed by atoms with Crippen molar-refractivity contribution in [2.24, 2.45) is 5.92 Å². The Bertz CT molecular complexity index is 264. The average molecular weight is 262 g/mol. The van der Waals surface area contributed by atoms with Gasteiger partial charge in [0.05, 0.1) is 0 Å². The Morgan fingerprint density at radius 3 is 2.17 bits per heavy atom. The van der Waals surface area contributed by atoms with Crippen LogP contribution in [0.15, 0.2) is 0 Å². The van der Waals surface area contributed by atoms with Gasteiger partial charge in [-0.05, 0) is 26.2 Å². The van der Waals surface area contributed by atoms with Crippen molar-refractivity contribution in [2.75, 3.05) is 19.6 Å². The Hall–Kier alpha value is -0.710. The molecule has 1 aliphatic heterocycles. The number of halogens is 2. The Balaban J connectivity index is 2.74. The molecule has 0 aromatic heterocycles. The minimum Gasteiger partial charge on any atom is -0.336 e. The van der Waals surface area contributed by atoms with Crippen molar-refractivity contribution in [1.29, 1.82) is 0 Å². The van der Waals surface area contributed by atoms with Gasteiger partial charge in [-0.15, -0.1) is 0 Å². The first kappa shape index (κ1) is 15.3. The summed E-state index contributed by atoms with van der Waals surface area (Å²) in [6, 6.07) is 0.736. The van der Waals surface area contributed by atoms with Gasteiger partial charge in [-0.25, -0.2) is 0 Å². The number of carbonyl (C=O) groups excluding carboxylic acids is 1. The molecule has 0 aliphatic carbocycles. The summed E-state index contributed by atoms with van der Waals surface area (Å²) in [4.78, 5) is 15.0. The molecule has 1 fully saturated rings. The lowest BCUT2D eigenvalue weighted by atomic mass is 9.98. The molecule has 106 valence electrons. The number of amides is 1. The van der Waals surface area contributed by atoms with Crippen LogP contribution in [-0.4, -0.2) is 53.9 Å². The van der Waals surface area contributed by atoms with Crippen LogP contribution >= 0.6 is 0 Å². The first-order valence-corrected chi connectivity index (χ1v) is 6.67. The molecular formula is C13H24F2N2O. The fourth-order valence-electron chi connectivity index (χ4n) is 2.68. The monoisotopic (exact) mass is 262 g/mol. The second-order valence-electron chi connectivity index (χ2n) is 5.56. The van der Waals surface area contributed by atoms with Gasteiger partial charge in [0, 0.05) is 31.7 Å². The molecule has 0 aromatic carbocycles. The first-order valence-electron chi connectivity index (χ1n) is 6.67. The minimum absolute atomic E-state index is 0.362. The summed E-state index contributed by atoms with van der Waals surface area (Å²) in [7, 11) is 0. The molecule has 1 rings (SSSR count). The molecule has 0 radical (unpaired) electrons. The van der Waals surface area contributed by atoms with Crippen molar-refractivity contribution in [3.8, 4) is 0 Å². The highest BCUT2D eigenvalue weighted by Gasteiger charge is 2.31. The third-order valence-corrected chi connectivity index (χ3v) is 3.68. The van der Waals surface area contributed by atoms with E-state index in [1.165, 1.54) is 4.90 Å². The fraction of sp³-hybridized carbons (Fsp3) is 0.923. The lowest BCUT2D eigenvalue weighted by Crippen LogP contribution is -2.44. The van der Waals surface area contributed by atoms with Crippen molar-refractivity contribution >= 4 is 5.91 Å². The number of alkyl halides is 2. The van der Waals surface area contributed by atoms with E-state index in [2.05, 4.69) is 32.6 Å². The molecule has 1 atom stereocenters.